The van der Waals surface area contributed by atoms with E-state index in [0.29, 0.717) is 28.8 Å². The summed E-state index contributed by atoms with van der Waals surface area (Å²) < 4.78 is 5.36. The minimum Gasteiger partial charge on any atom is -0.482 e. The van der Waals surface area contributed by atoms with Crippen molar-refractivity contribution in [3.8, 4) is 5.75 Å². The van der Waals surface area contributed by atoms with Crippen molar-refractivity contribution in [1.29, 1.82) is 0 Å². The van der Waals surface area contributed by atoms with Gasteiger partial charge in [0.15, 0.2) is 6.61 Å². The van der Waals surface area contributed by atoms with Crippen molar-refractivity contribution < 1.29 is 9.53 Å². The summed E-state index contributed by atoms with van der Waals surface area (Å²) in [5.74, 6) is 0.823. The topological polar surface area (TPSA) is 64.3 Å². The fraction of sp³-hybridized carbons (Fsp3) is 0.429. The monoisotopic (exact) mass is 314 g/mol. The summed E-state index contributed by atoms with van der Waals surface area (Å²) in [5.41, 5.74) is 6.17. The number of thiocarbonyl (C=S) groups is 1. The molecule has 0 radical (unpaired) electrons. The van der Waals surface area contributed by atoms with E-state index in [1.807, 2.05) is 0 Å². The van der Waals surface area contributed by atoms with E-state index in [0.717, 1.165) is 6.42 Å². The molecule has 0 aliphatic carbocycles. The summed E-state index contributed by atoms with van der Waals surface area (Å²) in [4.78, 5) is 11.8. The number of nitrogens with two attached hydrogens (primary N) is 1. The van der Waals surface area contributed by atoms with E-state index in [1.165, 1.54) is 0 Å². The molecule has 0 bridgehead atoms. The Morgan fingerprint density at radius 2 is 2.20 bits per heavy atom. The van der Waals surface area contributed by atoms with Crippen LogP contribution in [0.25, 0.3) is 0 Å². The molecule has 3 N–H and O–H groups in total. The number of carbonyl (C=O) groups excluding carboxylic acids is 1. The summed E-state index contributed by atoms with van der Waals surface area (Å²) in [5, 5.41) is 3.17. The zero-order chi connectivity index (χ0) is 15.1. The Morgan fingerprint density at radius 1 is 1.50 bits per heavy atom. The molecule has 1 aromatic rings. The molecule has 0 heterocycles. The Hall–Kier alpha value is -1.33. The van der Waals surface area contributed by atoms with Crippen molar-refractivity contribution in [3.63, 3.8) is 0 Å². The molecule has 0 aliphatic heterocycles. The van der Waals surface area contributed by atoms with Crippen LogP contribution < -0.4 is 15.8 Å². The van der Waals surface area contributed by atoms with Crippen LogP contribution in [0.2, 0.25) is 5.02 Å². The summed E-state index contributed by atoms with van der Waals surface area (Å²) in [6.45, 7) is 4.79. The third-order valence-electron chi connectivity index (χ3n) is 2.62. The Balaban J connectivity index is 2.45. The van der Waals surface area contributed by atoms with Gasteiger partial charge in [0.25, 0.3) is 5.91 Å². The van der Waals surface area contributed by atoms with E-state index in [9.17, 15) is 4.79 Å². The quantitative estimate of drug-likeness (QED) is 0.759. The van der Waals surface area contributed by atoms with Gasteiger partial charge in [-0.2, -0.15) is 0 Å². The van der Waals surface area contributed by atoms with Crippen LogP contribution in [0, 0.1) is 5.92 Å². The van der Waals surface area contributed by atoms with E-state index in [-0.39, 0.29) is 17.5 Å². The highest BCUT2D eigenvalue weighted by molar-refractivity contribution is 7.80. The van der Waals surface area contributed by atoms with E-state index < -0.39 is 0 Å². The van der Waals surface area contributed by atoms with Crippen LogP contribution in [-0.2, 0) is 4.79 Å². The summed E-state index contributed by atoms with van der Waals surface area (Å²) in [7, 11) is 0. The molecule has 0 saturated carbocycles. The third kappa shape index (κ3) is 5.75. The molecular weight excluding hydrogens is 296 g/mol. The molecule has 1 amide bonds. The minimum absolute atomic E-state index is 0.0652. The summed E-state index contributed by atoms with van der Waals surface area (Å²) >= 11 is 10.9. The highest BCUT2D eigenvalue weighted by Crippen LogP contribution is 2.25. The van der Waals surface area contributed by atoms with E-state index in [1.54, 1.807) is 18.2 Å². The fourth-order valence-electron chi connectivity index (χ4n) is 1.47. The Labute approximate surface area is 129 Å². The smallest absolute Gasteiger partial charge is 0.257 e. The first-order valence-electron chi connectivity index (χ1n) is 6.39. The van der Waals surface area contributed by atoms with Crippen LogP contribution in [-0.4, -0.2) is 24.0 Å². The van der Waals surface area contributed by atoms with E-state index in [2.05, 4.69) is 19.2 Å². The number of rotatable bonds is 7. The van der Waals surface area contributed by atoms with Gasteiger partial charge in [0.2, 0.25) is 0 Å². The zero-order valence-corrected chi connectivity index (χ0v) is 13.2. The molecule has 1 rings (SSSR count). The normalized spacial score (nSPS) is 10.4. The standard InChI is InChI=1S/C14H19ClN2O2S/c1-9(2)5-6-17-13(18)8-19-12-4-3-10(14(16)20)7-11(12)15/h3-4,7,9H,5-6,8H2,1-2H3,(H2,16,20)(H,17,18). The number of nitrogens with one attached hydrogen (secondary N) is 1. The van der Waals surface area contributed by atoms with Gasteiger partial charge in [0.1, 0.15) is 10.7 Å². The third-order valence-corrected chi connectivity index (χ3v) is 3.15. The molecule has 0 fully saturated rings. The predicted molar refractivity (Wildman–Crippen MR) is 85.3 cm³/mol. The Bertz CT molecular complexity index is 492. The first-order valence-corrected chi connectivity index (χ1v) is 7.17. The molecule has 6 heteroatoms. The first-order chi connectivity index (χ1) is 9.40. The molecule has 0 aromatic heterocycles. The number of ether oxygens (including phenoxy) is 1. The lowest BCUT2D eigenvalue weighted by molar-refractivity contribution is -0.123. The summed E-state index contributed by atoms with van der Waals surface area (Å²) in [6.07, 6.45) is 0.940. The van der Waals surface area contributed by atoms with Crippen molar-refractivity contribution >= 4 is 34.7 Å². The maximum atomic E-state index is 11.6. The molecule has 0 aliphatic rings. The average Bonchev–Trinajstić information content (AvgIpc) is 2.36. The number of halogens is 1. The second-order valence-corrected chi connectivity index (χ2v) is 5.68. The largest absolute Gasteiger partial charge is 0.482 e. The van der Waals surface area contributed by atoms with E-state index >= 15 is 0 Å². The highest BCUT2D eigenvalue weighted by atomic mass is 35.5. The van der Waals surface area contributed by atoms with Gasteiger partial charge in [0.05, 0.1) is 5.02 Å². The molecule has 0 spiro atoms. The van der Waals surface area contributed by atoms with Gasteiger partial charge in [0, 0.05) is 12.1 Å². The van der Waals surface area contributed by atoms with Gasteiger partial charge >= 0.3 is 0 Å². The first kappa shape index (κ1) is 16.7. The number of amides is 1. The molecule has 0 atom stereocenters. The van der Waals surface area contributed by atoms with Crippen LogP contribution >= 0.6 is 23.8 Å². The molecular formula is C14H19ClN2O2S. The second kappa shape index (κ2) is 8.07. The van der Waals surface area contributed by atoms with Crippen LogP contribution in [0.1, 0.15) is 25.8 Å². The van der Waals surface area contributed by atoms with Gasteiger partial charge in [-0.1, -0.05) is 37.7 Å². The van der Waals surface area contributed by atoms with Crippen LogP contribution in [0.15, 0.2) is 18.2 Å². The van der Waals surface area contributed by atoms with Gasteiger partial charge in [-0.15, -0.1) is 0 Å². The maximum Gasteiger partial charge on any atom is 0.257 e. The van der Waals surface area contributed by atoms with Gasteiger partial charge in [-0.05, 0) is 30.5 Å². The maximum absolute atomic E-state index is 11.6. The number of carbonyl (C=O) groups is 1. The average molecular weight is 315 g/mol. The SMILES string of the molecule is CC(C)CCNC(=O)COc1ccc(C(N)=S)cc1Cl. The molecule has 1 aromatic carbocycles. The van der Waals surface area contributed by atoms with Gasteiger partial charge < -0.3 is 15.8 Å². The number of hydrogen-bond acceptors (Lipinski definition) is 3. The molecule has 0 unspecified atom stereocenters. The van der Waals surface area contributed by atoms with Crippen molar-refractivity contribution in [1.82, 2.24) is 5.32 Å². The van der Waals surface area contributed by atoms with Gasteiger partial charge in [-0.25, -0.2) is 0 Å². The van der Waals surface area contributed by atoms with Crippen LogP contribution in [0.5, 0.6) is 5.75 Å². The lowest BCUT2D eigenvalue weighted by Gasteiger charge is -2.10. The van der Waals surface area contributed by atoms with E-state index in [4.69, 9.17) is 34.3 Å². The van der Waals surface area contributed by atoms with Crippen molar-refractivity contribution in [2.75, 3.05) is 13.2 Å². The van der Waals surface area contributed by atoms with Crippen molar-refractivity contribution in [2.24, 2.45) is 11.7 Å². The molecule has 0 saturated heterocycles. The Morgan fingerprint density at radius 3 is 2.75 bits per heavy atom. The van der Waals surface area contributed by atoms with Crippen LogP contribution in [0.3, 0.4) is 0 Å². The zero-order valence-electron chi connectivity index (χ0n) is 11.6. The molecule has 110 valence electrons. The van der Waals surface area contributed by atoms with Gasteiger partial charge in [-0.3, -0.25) is 4.79 Å². The lowest BCUT2D eigenvalue weighted by atomic mass is 10.1. The van der Waals surface area contributed by atoms with Crippen molar-refractivity contribution in [3.05, 3.63) is 28.8 Å². The highest BCUT2D eigenvalue weighted by Gasteiger charge is 2.07. The number of hydrogen-bond donors (Lipinski definition) is 2. The minimum atomic E-state index is -0.167. The fourth-order valence-corrected chi connectivity index (χ4v) is 1.83. The molecule has 20 heavy (non-hydrogen) atoms. The van der Waals surface area contributed by atoms with Crippen molar-refractivity contribution in [2.45, 2.75) is 20.3 Å². The molecule has 4 nitrogen and oxygen atoms in total. The lowest BCUT2D eigenvalue weighted by Crippen LogP contribution is -2.30. The Kier molecular flexibility index (Phi) is 6.75. The predicted octanol–water partition coefficient (Wildman–Crippen LogP) is 2.52. The second-order valence-electron chi connectivity index (χ2n) is 4.83. The summed E-state index contributed by atoms with van der Waals surface area (Å²) in [6, 6.07) is 4.98. The van der Waals surface area contributed by atoms with Crippen LogP contribution in [0.4, 0.5) is 0 Å². The number of benzene rings is 1.